The summed E-state index contributed by atoms with van der Waals surface area (Å²) in [5.41, 5.74) is 4.61. The molecule has 16 heavy (non-hydrogen) atoms. The second-order valence-electron chi connectivity index (χ2n) is 4.28. The van der Waals surface area contributed by atoms with Crippen molar-refractivity contribution in [2.75, 3.05) is 13.1 Å². The maximum absolute atomic E-state index is 11.0. The van der Waals surface area contributed by atoms with Crippen LogP contribution in [0.2, 0.25) is 0 Å². The fourth-order valence-corrected chi connectivity index (χ4v) is 0.842. The van der Waals surface area contributed by atoms with Crippen LogP contribution in [0.5, 0.6) is 0 Å². The van der Waals surface area contributed by atoms with Crippen molar-refractivity contribution in [1.29, 1.82) is 0 Å². The molecule has 1 amide bonds. The van der Waals surface area contributed by atoms with E-state index in [2.05, 4.69) is 10.1 Å². The summed E-state index contributed by atoms with van der Waals surface area (Å²) in [5, 5.41) is 2.42. The van der Waals surface area contributed by atoms with E-state index in [1.165, 1.54) is 0 Å². The Hall–Kier alpha value is -1.30. The number of unbranched alkanes of at least 4 members (excludes halogenated alkanes) is 1. The van der Waals surface area contributed by atoms with Crippen LogP contribution in [0, 0.1) is 0 Å². The number of ether oxygens (including phenoxy) is 2. The smallest absolute Gasteiger partial charge is 0.428 e. The zero-order chi connectivity index (χ0) is 12.6. The van der Waals surface area contributed by atoms with Crippen molar-refractivity contribution in [2.45, 2.75) is 39.2 Å². The lowest BCUT2D eigenvalue weighted by Crippen LogP contribution is -2.31. The summed E-state index contributed by atoms with van der Waals surface area (Å²) >= 11 is 0. The molecule has 0 heterocycles. The quantitative estimate of drug-likeness (QED) is 0.434. The highest BCUT2D eigenvalue weighted by Gasteiger charge is 2.19. The molecule has 0 rings (SSSR count). The molecular weight excluding hydrogens is 212 g/mol. The summed E-state index contributed by atoms with van der Waals surface area (Å²) in [4.78, 5) is 22.1. The molecule has 6 heteroatoms. The summed E-state index contributed by atoms with van der Waals surface area (Å²) < 4.78 is 9.16. The van der Waals surface area contributed by atoms with Gasteiger partial charge in [-0.3, -0.25) is 0 Å². The molecule has 0 saturated heterocycles. The van der Waals surface area contributed by atoms with Crippen molar-refractivity contribution >= 4 is 12.2 Å². The average Bonchev–Trinajstić information content (AvgIpc) is 2.09. The third kappa shape index (κ3) is 9.26. The van der Waals surface area contributed by atoms with Gasteiger partial charge in [-0.25, -0.2) is 9.59 Å². The van der Waals surface area contributed by atoms with Crippen LogP contribution in [0.25, 0.3) is 0 Å². The summed E-state index contributed by atoms with van der Waals surface area (Å²) in [6.07, 6.45) is -0.234. The van der Waals surface area contributed by atoms with Gasteiger partial charge in [0, 0.05) is 6.54 Å². The summed E-state index contributed by atoms with van der Waals surface area (Å²) in [6, 6.07) is 0. The SMILES string of the molecule is CC(C)(C)OC(=O)OC(=O)NCCCCN. The van der Waals surface area contributed by atoms with E-state index in [1.54, 1.807) is 20.8 Å². The molecule has 0 radical (unpaired) electrons. The predicted molar refractivity (Wildman–Crippen MR) is 59.0 cm³/mol. The Balaban J connectivity index is 3.67. The number of carbonyl (C=O) groups excluding carboxylic acids is 2. The second kappa shape index (κ2) is 7.05. The number of hydrogen-bond donors (Lipinski definition) is 2. The number of amides is 1. The highest BCUT2D eigenvalue weighted by Crippen LogP contribution is 2.07. The third-order valence-corrected chi connectivity index (χ3v) is 1.47. The maximum Gasteiger partial charge on any atom is 0.517 e. The first-order chi connectivity index (χ1) is 7.35. The number of nitrogens with two attached hydrogens (primary N) is 1. The Morgan fingerprint density at radius 1 is 1.25 bits per heavy atom. The van der Waals surface area contributed by atoms with Gasteiger partial charge in [-0.05, 0) is 40.2 Å². The lowest BCUT2D eigenvalue weighted by molar-refractivity contribution is 0.00903. The monoisotopic (exact) mass is 232 g/mol. The molecule has 0 aromatic carbocycles. The van der Waals surface area contributed by atoms with Crippen molar-refractivity contribution in [1.82, 2.24) is 5.32 Å². The lowest BCUT2D eigenvalue weighted by Gasteiger charge is -2.18. The van der Waals surface area contributed by atoms with E-state index in [0.717, 1.165) is 12.8 Å². The van der Waals surface area contributed by atoms with E-state index >= 15 is 0 Å². The van der Waals surface area contributed by atoms with Crippen LogP contribution in [0.15, 0.2) is 0 Å². The Labute approximate surface area is 95.5 Å². The van der Waals surface area contributed by atoms with Gasteiger partial charge < -0.3 is 20.5 Å². The molecule has 0 aromatic rings. The van der Waals surface area contributed by atoms with Crippen molar-refractivity contribution in [3.05, 3.63) is 0 Å². The largest absolute Gasteiger partial charge is 0.517 e. The van der Waals surface area contributed by atoms with E-state index in [1.807, 2.05) is 0 Å². The molecule has 0 aliphatic heterocycles. The van der Waals surface area contributed by atoms with Crippen molar-refractivity contribution in [3.8, 4) is 0 Å². The van der Waals surface area contributed by atoms with Gasteiger partial charge in [0.05, 0.1) is 0 Å². The van der Waals surface area contributed by atoms with Gasteiger partial charge in [0.25, 0.3) is 0 Å². The fourth-order valence-electron chi connectivity index (χ4n) is 0.842. The molecule has 0 bridgehead atoms. The van der Waals surface area contributed by atoms with Crippen LogP contribution in [0.1, 0.15) is 33.6 Å². The Morgan fingerprint density at radius 3 is 2.38 bits per heavy atom. The molecule has 0 unspecified atom stereocenters. The first-order valence-corrected chi connectivity index (χ1v) is 5.24. The molecule has 94 valence electrons. The van der Waals surface area contributed by atoms with Crippen molar-refractivity contribution in [3.63, 3.8) is 0 Å². The minimum Gasteiger partial charge on any atom is -0.428 e. The second-order valence-corrected chi connectivity index (χ2v) is 4.28. The minimum atomic E-state index is -0.996. The zero-order valence-corrected chi connectivity index (χ0v) is 10.0. The van der Waals surface area contributed by atoms with Crippen LogP contribution in [-0.4, -0.2) is 30.9 Å². The molecule has 3 N–H and O–H groups in total. The van der Waals surface area contributed by atoms with Gasteiger partial charge in [0.1, 0.15) is 5.60 Å². The molecule has 0 saturated carbocycles. The normalized spacial score (nSPS) is 10.8. The topological polar surface area (TPSA) is 90.6 Å². The first kappa shape index (κ1) is 14.7. The molecule has 0 fully saturated rings. The summed E-state index contributed by atoms with van der Waals surface area (Å²) in [6.45, 7) is 6.07. The van der Waals surface area contributed by atoms with Crippen molar-refractivity contribution in [2.24, 2.45) is 5.73 Å². The fraction of sp³-hybridized carbons (Fsp3) is 0.800. The van der Waals surface area contributed by atoms with Crippen LogP contribution in [-0.2, 0) is 9.47 Å². The number of hydrogen-bond acceptors (Lipinski definition) is 5. The standard InChI is InChI=1S/C10H20N2O4/c1-10(2,3)16-9(14)15-8(13)12-7-5-4-6-11/h4-7,11H2,1-3H3,(H,12,13). The highest BCUT2D eigenvalue weighted by atomic mass is 16.8. The Kier molecular flexibility index (Phi) is 6.48. The first-order valence-electron chi connectivity index (χ1n) is 5.24. The van der Waals surface area contributed by atoms with Crippen LogP contribution in [0.3, 0.4) is 0 Å². The van der Waals surface area contributed by atoms with Gasteiger partial charge in [-0.1, -0.05) is 0 Å². The van der Waals surface area contributed by atoms with E-state index in [0.29, 0.717) is 13.1 Å². The lowest BCUT2D eigenvalue weighted by atomic mass is 10.2. The minimum absolute atomic E-state index is 0.429. The van der Waals surface area contributed by atoms with Gasteiger partial charge in [-0.15, -0.1) is 0 Å². The van der Waals surface area contributed by atoms with Crippen molar-refractivity contribution < 1.29 is 19.1 Å². The van der Waals surface area contributed by atoms with E-state index in [-0.39, 0.29) is 0 Å². The molecule has 0 atom stereocenters. The Morgan fingerprint density at radius 2 is 1.88 bits per heavy atom. The number of carbonyl (C=O) groups is 2. The van der Waals surface area contributed by atoms with Crippen LogP contribution < -0.4 is 11.1 Å². The van der Waals surface area contributed by atoms with Gasteiger partial charge in [-0.2, -0.15) is 0 Å². The summed E-state index contributed by atoms with van der Waals surface area (Å²) in [5.74, 6) is 0. The molecular formula is C10H20N2O4. The molecule has 0 aliphatic carbocycles. The molecule has 0 aliphatic rings. The van der Waals surface area contributed by atoms with Gasteiger partial charge in [0.2, 0.25) is 0 Å². The summed E-state index contributed by atoms with van der Waals surface area (Å²) in [7, 11) is 0. The van der Waals surface area contributed by atoms with E-state index in [4.69, 9.17) is 10.5 Å². The van der Waals surface area contributed by atoms with Crippen LogP contribution in [0.4, 0.5) is 9.59 Å². The number of alkyl carbamates (subject to hydrolysis) is 1. The number of nitrogens with one attached hydrogen (secondary N) is 1. The maximum atomic E-state index is 11.0. The van der Waals surface area contributed by atoms with Gasteiger partial charge >= 0.3 is 12.2 Å². The number of rotatable bonds is 4. The molecule has 6 nitrogen and oxygen atoms in total. The average molecular weight is 232 g/mol. The third-order valence-electron chi connectivity index (χ3n) is 1.47. The predicted octanol–water partition coefficient (Wildman–Crippen LogP) is 1.39. The molecule has 0 spiro atoms. The molecule has 0 aromatic heterocycles. The van der Waals surface area contributed by atoms with E-state index in [9.17, 15) is 9.59 Å². The highest BCUT2D eigenvalue weighted by molar-refractivity contribution is 5.80. The van der Waals surface area contributed by atoms with Gasteiger partial charge in [0.15, 0.2) is 0 Å². The Bertz CT molecular complexity index is 235. The van der Waals surface area contributed by atoms with E-state index < -0.39 is 17.8 Å². The van der Waals surface area contributed by atoms with Crippen LogP contribution >= 0.6 is 0 Å². The zero-order valence-electron chi connectivity index (χ0n) is 10.0.